The summed E-state index contributed by atoms with van der Waals surface area (Å²) in [5.41, 5.74) is 10.1. The number of hydrogen-bond donors (Lipinski definition) is 3. The van der Waals surface area contributed by atoms with E-state index in [0.717, 1.165) is 18.9 Å². The Kier molecular flexibility index (Phi) is 7.81. The van der Waals surface area contributed by atoms with E-state index in [-0.39, 0.29) is 11.6 Å². The summed E-state index contributed by atoms with van der Waals surface area (Å²) < 4.78 is 14.7. The number of aromatic nitrogens is 2. The predicted molar refractivity (Wildman–Crippen MR) is 125 cm³/mol. The largest absolute Gasteiger partial charge is 0.382 e. The van der Waals surface area contributed by atoms with Crippen LogP contribution in [0.5, 0.6) is 0 Å². The number of rotatable bonds is 8. The fourth-order valence-electron chi connectivity index (χ4n) is 3.31. The van der Waals surface area contributed by atoms with E-state index in [9.17, 15) is 9.65 Å². The zero-order chi connectivity index (χ0) is 22.9. The first-order valence-electron chi connectivity index (χ1n) is 10.6. The standard InChI is InChI=1S/C24H28FN7/c1-3-28-24(30-16-18-8-5-4-7-17(18)2)29-14-6-9-22-21(15-26)23(27)32(31-22)20-12-10-19(25)11-13-20/h4-5,7-8,10-13H,3,6,9,14,16,27H2,1-2H3,(H2,28,29,30). The van der Waals surface area contributed by atoms with E-state index in [1.807, 2.05) is 19.1 Å². The first-order chi connectivity index (χ1) is 15.5. The second-order valence-corrected chi connectivity index (χ2v) is 7.36. The van der Waals surface area contributed by atoms with Crippen molar-refractivity contribution in [2.75, 3.05) is 18.8 Å². The van der Waals surface area contributed by atoms with Gasteiger partial charge in [-0.05, 0) is 62.1 Å². The molecule has 0 amide bonds. The average molecular weight is 434 g/mol. The normalized spacial score (nSPS) is 11.2. The SMILES string of the molecule is CCNC(=NCc1ccccc1C)NCCCc1nn(-c2ccc(F)cc2)c(N)c1C#N. The maximum atomic E-state index is 13.2. The van der Waals surface area contributed by atoms with Crippen LogP contribution in [0.25, 0.3) is 5.69 Å². The second-order valence-electron chi connectivity index (χ2n) is 7.36. The predicted octanol–water partition coefficient (Wildman–Crippen LogP) is 3.46. The van der Waals surface area contributed by atoms with Crippen molar-refractivity contribution < 1.29 is 4.39 Å². The fraction of sp³-hybridized carbons (Fsp3) is 0.292. The third-order valence-corrected chi connectivity index (χ3v) is 5.07. The van der Waals surface area contributed by atoms with Gasteiger partial charge in [0.2, 0.25) is 0 Å². The molecule has 7 nitrogen and oxygen atoms in total. The van der Waals surface area contributed by atoms with Crippen molar-refractivity contribution >= 4 is 11.8 Å². The van der Waals surface area contributed by atoms with Crippen molar-refractivity contribution in [3.8, 4) is 11.8 Å². The minimum atomic E-state index is -0.341. The highest BCUT2D eigenvalue weighted by atomic mass is 19.1. The summed E-state index contributed by atoms with van der Waals surface area (Å²) in [6.45, 7) is 6.12. The number of aliphatic imine (C=N–C) groups is 1. The molecule has 0 saturated carbocycles. The van der Waals surface area contributed by atoms with Crippen LogP contribution in [0.15, 0.2) is 53.5 Å². The Labute approximate surface area is 187 Å². The van der Waals surface area contributed by atoms with Gasteiger partial charge in [0.15, 0.2) is 5.96 Å². The molecule has 0 atom stereocenters. The summed E-state index contributed by atoms with van der Waals surface area (Å²) in [5.74, 6) is 0.662. The van der Waals surface area contributed by atoms with E-state index in [2.05, 4.69) is 45.9 Å². The molecule has 0 radical (unpaired) electrons. The molecule has 2 aromatic carbocycles. The molecule has 0 bridgehead atoms. The molecule has 0 unspecified atom stereocenters. The Bertz CT molecular complexity index is 1110. The van der Waals surface area contributed by atoms with E-state index in [0.29, 0.717) is 36.5 Å². The van der Waals surface area contributed by atoms with Gasteiger partial charge in [0, 0.05) is 13.1 Å². The van der Waals surface area contributed by atoms with Crippen LogP contribution in [0.2, 0.25) is 0 Å². The summed E-state index contributed by atoms with van der Waals surface area (Å²) in [7, 11) is 0. The van der Waals surface area contributed by atoms with E-state index in [4.69, 9.17) is 5.73 Å². The Morgan fingerprint density at radius 3 is 2.62 bits per heavy atom. The molecular weight excluding hydrogens is 405 g/mol. The van der Waals surface area contributed by atoms with Gasteiger partial charge in [0.1, 0.15) is 23.3 Å². The lowest BCUT2D eigenvalue weighted by Crippen LogP contribution is -2.37. The fourth-order valence-corrected chi connectivity index (χ4v) is 3.31. The lowest BCUT2D eigenvalue weighted by Gasteiger charge is -2.11. The summed E-state index contributed by atoms with van der Waals surface area (Å²) in [5, 5.41) is 20.6. The smallest absolute Gasteiger partial charge is 0.191 e. The number of benzene rings is 2. The molecule has 3 rings (SSSR count). The van der Waals surface area contributed by atoms with Gasteiger partial charge < -0.3 is 16.4 Å². The first-order valence-corrected chi connectivity index (χ1v) is 10.6. The number of aryl methyl sites for hydroxylation is 2. The monoisotopic (exact) mass is 433 g/mol. The van der Waals surface area contributed by atoms with Crippen LogP contribution in [0.1, 0.15) is 35.7 Å². The van der Waals surface area contributed by atoms with Gasteiger partial charge in [-0.15, -0.1) is 0 Å². The highest BCUT2D eigenvalue weighted by Crippen LogP contribution is 2.21. The minimum absolute atomic E-state index is 0.259. The molecule has 0 aliphatic carbocycles. The molecule has 8 heteroatoms. The number of halogens is 1. The molecule has 32 heavy (non-hydrogen) atoms. The Hall–Kier alpha value is -3.86. The molecule has 166 valence electrons. The van der Waals surface area contributed by atoms with Crippen LogP contribution in [-0.2, 0) is 13.0 Å². The Morgan fingerprint density at radius 1 is 1.19 bits per heavy atom. The van der Waals surface area contributed by atoms with E-state index in [1.165, 1.54) is 27.9 Å². The van der Waals surface area contributed by atoms with Gasteiger partial charge in [0.05, 0.1) is 17.9 Å². The molecule has 4 N–H and O–H groups in total. The van der Waals surface area contributed by atoms with Gasteiger partial charge in [-0.25, -0.2) is 14.1 Å². The van der Waals surface area contributed by atoms with E-state index >= 15 is 0 Å². The van der Waals surface area contributed by atoms with E-state index < -0.39 is 0 Å². The third-order valence-electron chi connectivity index (χ3n) is 5.07. The number of nitrogen functional groups attached to an aromatic ring is 1. The molecule has 0 aliphatic rings. The zero-order valence-electron chi connectivity index (χ0n) is 18.4. The van der Waals surface area contributed by atoms with Crippen LogP contribution < -0.4 is 16.4 Å². The quantitative estimate of drug-likeness (QED) is 0.287. The van der Waals surface area contributed by atoms with Gasteiger partial charge in [-0.3, -0.25) is 0 Å². The molecule has 1 heterocycles. The van der Waals surface area contributed by atoms with Crippen molar-refractivity contribution in [2.24, 2.45) is 4.99 Å². The second kappa shape index (κ2) is 11.0. The van der Waals surface area contributed by atoms with Crippen molar-refractivity contribution in [1.82, 2.24) is 20.4 Å². The van der Waals surface area contributed by atoms with Crippen molar-refractivity contribution in [1.29, 1.82) is 5.26 Å². The van der Waals surface area contributed by atoms with Crippen LogP contribution >= 0.6 is 0 Å². The van der Waals surface area contributed by atoms with Crippen molar-refractivity contribution in [3.05, 3.63) is 76.7 Å². The van der Waals surface area contributed by atoms with Crippen LogP contribution in [0.4, 0.5) is 10.2 Å². The number of nitriles is 1. The molecule has 3 aromatic rings. The van der Waals surface area contributed by atoms with Crippen molar-refractivity contribution in [2.45, 2.75) is 33.2 Å². The lowest BCUT2D eigenvalue weighted by molar-refractivity contribution is 0.627. The molecular formula is C24H28FN7. The number of nitrogens with two attached hydrogens (primary N) is 1. The summed E-state index contributed by atoms with van der Waals surface area (Å²) in [4.78, 5) is 4.66. The Morgan fingerprint density at radius 2 is 1.94 bits per heavy atom. The number of nitrogens with zero attached hydrogens (tertiary/aromatic N) is 4. The maximum absolute atomic E-state index is 13.2. The zero-order valence-corrected chi connectivity index (χ0v) is 18.4. The Balaban J connectivity index is 1.62. The summed E-state index contributed by atoms with van der Waals surface area (Å²) >= 11 is 0. The highest BCUT2D eigenvalue weighted by Gasteiger charge is 2.16. The van der Waals surface area contributed by atoms with Gasteiger partial charge in [0.25, 0.3) is 0 Å². The molecule has 0 aliphatic heterocycles. The van der Waals surface area contributed by atoms with Gasteiger partial charge in [-0.1, -0.05) is 24.3 Å². The lowest BCUT2D eigenvalue weighted by atomic mass is 10.1. The average Bonchev–Trinajstić information content (AvgIpc) is 3.11. The van der Waals surface area contributed by atoms with E-state index in [1.54, 1.807) is 12.1 Å². The first kappa shape index (κ1) is 22.8. The summed E-state index contributed by atoms with van der Waals surface area (Å²) in [6, 6.07) is 16.2. The minimum Gasteiger partial charge on any atom is -0.382 e. The van der Waals surface area contributed by atoms with Crippen LogP contribution in [-0.4, -0.2) is 28.8 Å². The molecule has 0 fully saturated rings. The van der Waals surface area contributed by atoms with Crippen LogP contribution in [0, 0.1) is 24.1 Å². The van der Waals surface area contributed by atoms with Crippen LogP contribution in [0.3, 0.4) is 0 Å². The number of hydrogen-bond acceptors (Lipinski definition) is 4. The maximum Gasteiger partial charge on any atom is 0.191 e. The van der Waals surface area contributed by atoms with Crippen molar-refractivity contribution in [3.63, 3.8) is 0 Å². The number of anilines is 1. The van der Waals surface area contributed by atoms with Gasteiger partial charge in [-0.2, -0.15) is 10.4 Å². The molecule has 0 spiro atoms. The highest BCUT2D eigenvalue weighted by molar-refractivity contribution is 5.79. The van der Waals surface area contributed by atoms with Gasteiger partial charge >= 0.3 is 0 Å². The molecule has 0 saturated heterocycles. The summed E-state index contributed by atoms with van der Waals surface area (Å²) in [6.07, 6.45) is 1.31. The topological polar surface area (TPSA) is 104 Å². The number of guanidine groups is 1. The molecule has 1 aromatic heterocycles. The third kappa shape index (κ3) is 5.64. The number of nitrogens with one attached hydrogen (secondary N) is 2.